The van der Waals surface area contributed by atoms with Crippen LogP contribution in [0, 0.1) is 0 Å². The van der Waals surface area contributed by atoms with E-state index in [2.05, 4.69) is 10.5 Å². The molecule has 1 heterocycles. The monoisotopic (exact) mass is 266 g/mol. The van der Waals surface area contributed by atoms with Gasteiger partial charge in [-0.1, -0.05) is 0 Å². The number of nitrogens with zero attached hydrogens (tertiary/aromatic N) is 2. The Labute approximate surface area is 113 Å². The maximum absolute atomic E-state index is 12.4. The molecule has 0 spiro atoms. The first-order valence-corrected chi connectivity index (χ1v) is 7.03. The van der Waals surface area contributed by atoms with E-state index >= 15 is 0 Å². The smallest absolute Gasteiger partial charge is 0.270 e. The van der Waals surface area contributed by atoms with E-state index in [1.54, 1.807) is 0 Å². The van der Waals surface area contributed by atoms with Crippen LogP contribution < -0.4 is 11.2 Å². The van der Waals surface area contributed by atoms with Gasteiger partial charge in [0.1, 0.15) is 5.71 Å². The Morgan fingerprint density at radius 1 is 1.37 bits per heavy atom. The second-order valence-corrected chi connectivity index (χ2v) is 5.25. The van der Waals surface area contributed by atoms with Crippen molar-refractivity contribution in [3.63, 3.8) is 0 Å². The molecule has 6 nitrogen and oxygen atoms in total. The van der Waals surface area contributed by atoms with Gasteiger partial charge in [0.15, 0.2) is 0 Å². The molecule has 2 amide bonds. The van der Waals surface area contributed by atoms with Crippen LogP contribution in [0.15, 0.2) is 5.10 Å². The first-order chi connectivity index (χ1) is 9.11. The summed E-state index contributed by atoms with van der Waals surface area (Å²) in [6.07, 6.45) is 4.64. The molecule has 0 bridgehead atoms. The molecular weight excluding hydrogens is 244 g/mol. The van der Waals surface area contributed by atoms with Crippen molar-refractivity contribution in [2.24, 2.45) is 10.8 Å². The van der Waals surface area contributed by atoms with Gasteiger partial charge in [-0.25, -0.2) is 5.43 Å². The predicted molar refractivity (Wildman–Crippen MR) is 72.4 cm³/mol. The van der Waals surface area contributed by atoms with Crippen LogP contribution in [0.2, 0.25) is 0 Å². The number of amides is 2. The highest BCUT2D eigenvalue weighted by molar-refractivity contribution is 6.39. The SMILES string of the molecule is CCN(C(=O)C1=NNC(=O)CC1)C1CCC(N)CC1. The summed E-state index contributed by atoms with van der Waals surface area (Å²) in [7, 11) is 0. The maximum Gasteiger partial charge on any atom is 0.270 e. The highest BCUT2D eigenvalue weighted by Gasteiger charge is 2.30. The Bertz CT molecular complexity index is 386. The van der Waals surface area contributed by atoms with Crippen molar-refractivity contribution < 1.29 is 9.59 Å². The van der Waals surface area contributed by atoms with E-state index in [-0.39, 0.29) is 23.9 Å². The average Bonchev–Trinajstić information content (AvgIpc) is 2.42. The lowest BCUT2D eigenvalue weighted by molar-refractivity contribution is -0.127. The molecule has 0 aromatic carbocycles. The van der Waals surface area contributed by atoms with Crippen molar-refractivity contribution in [1.29, 1.82) is 0 Å². The molecule has 1 aliphatic heterocycles. The van der Waals surface area contributed by atoms with Gasteiger partial charge in [0.05, 0.1) is 0 Å². The zero-order valence-corrected chi connectivity index (χ0v) is 11.4. The zero-order valence-electron chi connectivity index (χ0n) is 11.4. The molecule has 0 radical (unpaired) electrons. The predicted octanol–water partition coefficient (Wildman–Crippen LogP) is 0.371. The van der Waals surface area contributed by atoms with Crippen LogP contribution in [0.25, 0.3) is 0 Å². The molecule has 1 aliphatic carbocycles. The fourth-order valence-corrected chi connectivity index (χ4v) is 2.77. The van der Waals surface area contributed by atoms with Gasteiger partial charge < -0.3 is 10.6 Å². The topological polar surface area (TPSA) is 87.8 Å². The Hall–Kier alpha value is -1.43. The molecule has 19 heavy (non-hydrogen) atoms. The molecule has 1 fully saturated rings. The van der Waals surface area contributed by atoms with Crippen molar-refractivity contribution in [1.82, 2.24) is 10.3 Å². The van der Waals surface area contributed by atoms with Gasteiger partial charge in [-0.15, -0.1) is 0 Å². The Morgan fingerprint density at radius 2 is 2.05 bits per heavy atom. The first kappa shape index (κ1) is 14.0. The number of carbonyl (C=O) groups is 2. The van der Waals surface area contributed by atoms with Gasteiger partial charge in [-0.05, 0) is 32.6 Å². The summed E-state index contributed by atoms with van der Waals surface area (Å²) < 4.78 is 0. The molecule has 3 N–H and O–H groups in total. The molecule has 106 valence electrons. The third-order valence-electron chi connectivity index (χ3n) is 3.93. The highest BCUT2D eigenvalue weighted by atomic mass is 16.2. The standard InChI is InChI=1S/C13H22N4O2/c1-2-17(10-5-3-9(14)4-6-10)13(19)11-7-8-12(18)16-15-11/h9-10H,2-8,14H2,1H3,(H,16,18). The normalized spacial score (nSPS) is 27.5. The third-order valence-corrected chi connectivity index (χ3v) is 3.93. The van der Waals surface area contributed by atoms with E-state index in [1.165, 1.54) is 0 Å². The van der Waals surface area contributed by atoms with Gasteiger partial charge in [0.25, 0.3) is 5.91 Å². The average molecular weight is 266 g/mol. The second-order valence-electron chi connectivity index (χ2n) is 5.25. The number of hydrogen-bond donors (Lipinski definition) is 2. The van der Waals surface area contributed by atoms with E-state index in [0.29, 0.717) is 25.1 Å². The second kappa shape index (κ2) is 6.14. The van der Waals surface area contributed by atoms with Crippen LogP contribution in [0.3, 0.4) is 0 Å². The quantitative estimate of drug-likeness (QED) is 0.773. The number of nitrogens with one attached hydrogen (secondary N) is 1. The fourth-order valence-electron chi connectivity index (χ4n) is 2.77. The molecule has 2 aliphatic rings. The van der Waals surface area contributed by atoms with E-state index < -0.39 is 0 Å². The van der Waals surface area contributed by atoms with Gasteiger partial charge >= 0.3 is 0 Å². The Morgan fingerprint density at radius 3 is 2.58 bits per heavy atom. The highest BCUT2D eigenvalue weighted by Crippen LogP contribution is 2.22. The summed E-state index contributed by atoms with van der Waals surface area (Å²) in [4.78, 5) is 25.4. The fraction of sp³-hybridized carbons (Fsp3) is 0.769. The van der Waals surface area contributed by atoms with Gasteiger partial charge in [0, 0.05) is 31.5 Å². The number of hydrazone groups is 1. The first-order valence-electron chi connectivity index (χ1n) is 7.03. The summed E-state index contributed by atoms with van der Waals surface area (Å²) in [6, 6.07) is 0.536. The van der Waals surface area contributed by atoms with Crippen LogP contribution in [-0.2, 0) is 9.59 Å². The Balaban J connectivity index is 2.01. The maximum atomic E-state index is 12.4. The zero-order chi connectivity index (χ0) is 13.8. The molecular formula is C13H22N4O2. The van der Waals surface area contributed by atoms with Gasteiger partial charge in [-0.3, -0.25) is 9.59 Å². The molecule has 2 rings (SSSR count). The van der Waals surface area contributed by atoms with E-state index in [9.17, 15) is 9.59 Å². The van der Waals surface area contributed by atoms with Crippen LogP contribution in [0.5, 0.6) is 0 Å². The van der Waals surface area contributed by atoms with Crippen molar-refractivity contribution in [3.8, 4) is 0 Å². The minimum atomic E-state index is -0.122. The number of rotatable bonds is 3. The lowest BCUT2D eigenvalue weighted by Crippen LogP contribution is -2.48. The van der Waals surface area contributed by atoms with Crippen molar-refractivity contribution in [2.45, 2.75) is 57.5 Å². The molecule has 6 heteroatoms. The lowest BCUT2D eigenvalue weighted by Gasteiger charge is -2.35. The van der Waals surface area contributed by atoms with Crippen LogP contribution >= 0.6 is 0 Å². The summed E-state index contributed by atoms with van der Waals surface area (Å²) in [5, 5.41) is 3.89. The van der Waals surface area contributed by atoms with Gasteiger partial charge in [0.2, 0.25) is 5.91 Å². The Kier molecular flexibility index (Phi) is 4.52. The molecule has 0 aromatic rings. The van der Waals surface area contributed by atoms with Crippen LogP contribution in [-0.4, -0.2) is 41.1 Å². The number of nitrogens with two attached hydrogens (primary N) is 1. The van der Waals surface area contributed by atoms with Gasteiger partial charge in [-0.2, -0.15) is 5.10 Å². The summed E-state index contributed by atoms with van der Waals surface area (Å²) >= 11 is 0. The van der Waals surface area contributed by atoms with Crippen molar-refractivity contribution >= 4 is 17.5 Å². The van der Waals surface area contributed by atoms with Crippen molar-refractivity contribution in [3.05, 3.63) is 0 Å². The molecule has 1 saturated carbocycles. The summed E-state index contributed by atoms with van der Waals surface area (Å²) in [5.74, 6) is -0.161. The summed E-state index contributed by atoms with van der Waals surface area (Å²) in [6.45, 7) is 2.65. The largest absolute Gasteiger partial charge is 0.335 e. The van der Waals surface area contributed by atoms with E-state index in [4.69, 9.17) is 5.73 Å². The van der Waals surface area contributed by atoms with Crippen LogP contribution in [0.4, 0.5) is 0 Å². The minimum absolute atomic E-state index is 0.0389. The molecule has 0 unspecified atom stereocenters. The van der Waals surface area contributed by atoms with E-state index in [0.717, 1.165) is 25.7 Å². The lowest BCUT2D eigenvalue weighted by atomic mass is 9.90. The summed E-state index contributed by atoms with van der Waals surface area (Å²) in [5.41, 5.74) is 8.75. The van der Waals surface area contributed by atoms with Crippen LogP contribution in [0.1, 0.15) is 45.4 Å². The van der Waals surface area contributed by atoms with Crippen molar-refractivity contribution in [2.75, 3.05) is 6.54 Å². The number of carbonyl (C=O) groups excluding carboxylic acids is 2. The molecule has 0 atom stereocenters. The minimum Gasteiger partial charge on any atom is -0.335 e. The molecule has 0 aromatic heterocycles. The molecule has 0 saturated heterocycles. The number of hydrogen-bond acceptors (Lipinski definition) is 4. The van der Waals surface area contributed by atoms with E-state index in [1.807, 2.05) is 11.8 Å². The third kappa shape index (κ3) is 3.32.